The third-order valence-electron chi connectivity index (χ3n) is 3.84. The van der Waals surface area contributed by atoms with Crippen LogP contribution in [0.3, 0.4) is 0 Å². The van der Waals surface area contributed by atoms with E-state index in [1.807, 2.05) is 0 Å². The van der Waals surface area contributed by atoms with Crippen LogP contribution in [0.25, 0.3) is 0 Å². The first-order chi connectivity index (χ1) is 10.1. The van der Waals surface area contributed by atoms with Crippen LogP contribution >= 0.6 is 11.6 Å². The Hall–Kier alpha value is -0.770. The number of hydrogen-bond acceptors (Lipinski definition) is 3. The zero-order valence-corrected chi connectivity index (χ0v) is 14.2. The van der Waals surface area contributed by atoms with Crippen LogP contribution in [-0.4, -0.2) is 37.7 Å². The van der Waals surface area contributed by atoms with Gasteiger partial charge in [-0.05, 0) is 30.0 Å². The number of nitrogens with one attached hydrogen (secondary N) is 1. The van der Waals surface area contributed by atoms with Crippen molar-refractivity contribution in [1.29, 1.82) is 0 Å². The molecule has 118 valence electrons. The lowest BCUT2D eigenvalue weighted by atomic mass is 9.98. The van der Waals surface area contributed by atoms with E-state index in [2.05, 4.69) is 43.1 Å². The van der Waals surface area contributed by atoms with E-state index in [1.54, 1.807) is 0 Å². The smallest absolute Gasteiger partial charge is 0.127 e. The molecule has 1 saturated heterocycles. The van der Waals surface area contributed by atoms with Crippen LogP contribution in [0.15, 0.2) is 12.1 Å². The number of halogens is 1. The molecule has 1 aromatic rings. The summed E-state index contributed by atoms with van der Waals surface area (Å²) >= 11 is 6.33. The molecule has 1 aliphatic rings. The molecule has 1 N–H and O–H groups in total. The van der Waals surface area contributed by atoms with Gasteiger partial charge in [-0.1, -0.05) is 32.4 Å². The van der Waals surface area contributed by atoms with Gasteiger partial charge in [0.15, 0.2) is 0 Å². The number of ether oxygens (including phenoxy) is 1. The molecule has 21 heavy (non-hydrogen) atoms. The predicted octanol–water partition coefficient (Wildman–Crippen LogP) is 3.66. The van der Waals surface area contributed by atoms with Crippen molar-refractivity contribution in [1.82, 2.24) is 10.2 Å². The van der Waals surface area contributed by atoms with Crippen molar-refractivity contribution in [3.8, 4) is 5.75 Å². The molecule has 0 bridgehead atoms. The second kappa shape index (κ2) is 8.02. The number of nitrogens with zero attached hydrogens (tertiary/aromatic N) is 1. The lowest BCUT2D eigenvalue weighted by molar-refractivity contribution is 0.227. The number of hydrogen-bond donors (Lipinski definition) is 1. The summed E-state index contributed by atoms with van der Waals surface area (Å²) in [6.45, 7) is 12.5. The molecule has 0 aromatic heterocycles. The van der Waals surface area contributed by atoms with E-state index in [0.29, 0.717) is 5.92 Å². The molecule has 1 aromatic carbocycles. The molecule has 0 radical (unpaired) electrons. The Kier molecular flexibility index (Phi) is 6.34. The molecule has 0 unspecified atom stereocenters. The highest BCUT2D eigenvalue weighted by molar-refractivity contribution is 6.30. The van der Waals surface area contributed by atoms with E-state index in [4.69, 9.17) is 16.3 Å². The Morgan fingerprint density at radius 2 is 2.00 bits per heavy atom. The third kappa shape index (κ3) is 4.60. The second-order valence-corrected chi connectivity index (χ2v) is 6.45. The van der Waals surface area contributed by atoms with E-state index >= 15 is 0 Å². The van der Waals surface area contributed by atoms with Crippen LogP contribution < -0.4 is 10.1 Å². The summed E-state index contributed by atoms with van der Waals surface area (Å²) in [6.07, 6.45) is 1.02. The van der Waals surface area contributed by atoms with Crippen LogP contribution in [0.1, 0.15) is 44.2 Å². The van der Waals surface area contributed by atoms with E-state index in [9.17, 15) is 0 Å². The Morgan fingerprint density at radius 3 is 2.62 bits per heavy atom. The van der Waals surface area contributed by atoms with Crippen LogP contribution in [-0.2, 0) is 6.54 Å². The molecule has 2 rings (SSSR count). The van der Waals surface area contributed by atoms with Crippen molar-refractivity contribution in [2.75, 3.05) is 32.8 Å². The van der Waals surface area contributed by atoms with Gasteiger partial charge in [-0.3, -0.25) is 4.90 Å². The number of benzene rings is 1. The summed E-state index contributed by atoms with van der Waals surface area (Å²) in [5, 5.41) is 4.20. The fourth-order valence-electron chi connectivity index (χ4n) is 2.71. The average Bonchev–Trinajstić information content (AvgIpc) is 2.46. The highest BCUT2D eigenvalue weighted by Crippen LogP contribution is 2.34. The molecule has 1 heterocycles. The SMILES string of the molecule is CCCOc1c(CN2CCNCC2)cc(Cl)cc1C(C)C. The monoisotopic (exact) mass is 310 g/mol. The van der Waals surface area contributed by atoms with Gasteiger partial charge in [0.25, 0.3) is 0 Å². The minimum Gasteiger partial charge on any atom is -0.493 e. The van der Waals surface area contributed by atoms with Crippen molar-refractivity contribution < 1.29 is 4.74 Å². The van der Waals surface area contributed by atoms with Crippen LogP contribution in [0.4, 0.5) is 0 Å². The van der Waals surface area contributed by atoms with Gasteiger partial charge in [0.2, 0.25) is 0 Å². The van der Waals surface area contributed by atoms with E-state index in [1.165, 1.54) is 11.1 Å². The van der Waals surface area contributed by atoms with Crippen molar-refractivity contribution in [2.45, 2.75) is 39.7 Å². The highest BCUT2D eigenvalue weighted by atomic mass is 35.5. The topological polar surface area (TPSA) is 24.5 Å². The van der Waals surface area contributed by atoms with Gasteiger partial charge in [-0.15, -0.1) is 0 Å². The van der Waals surface area contributed by atoms with Gasteiger partial charge in [0.05, 0.1) is 6.61 Å². The molecule has 0 spiro atoms. The van der Waals surface area contributed by atoms with Gasteiger partial charge in [0.1, 0.15) is 5.75 Å². The zero-order valence-electron chi connectivity index (χ0n) is 13.4. The quantitative estimate of drug-likeness (QED) is 0.868. The molecule has 3 nitrogen and oxygen atoms in total. The van der Waals surface area contributed by atoms with Gasteiger partial charge < -0.3 is 10.1 Å². The van der Waals surface area contributed by atoms with Gasteiger partial charge in [-0.2, -0.15) is 0 Å². The Balaban J connectivity index is 2.27. The molecule has 0 amide bonds. The molecule has 0 atom stereocenters. The third-order valence-corrected chi connectivity index (χ3v) is 4.05. The standard InChI is InChI=1S/C17H27ClN2O/c1-4-9-21-17-14(12-20-7-5-19-6-8-20)10-15(18)11-16(17)13(2)3/h10-11,13,19H,4-9,12H2,1-3H3. The van der Waals surface area contributed by atoms with Gasteiger partial charge in [-0.25, -0.2) is 0 Å². The minimum atomic E-state index is 0.414. The fraction of sp³-hybridized carbons (Fsp3) is 0.647. The summed E-state index contributed by atoms with van der Waals surface area (Å²) < 4.78 is 6.07. The van der Waals surface area contributed by atoms with Crippen LogP contribution in [0, 0.1) is 0 Å². The Morgan fingerprint density at radius 1 is 1.29 bits per heavy atom. The van der Waals surface area contributed by atoms with E-state index in [-0.39, 0.29) is 0 Å². The molecule has 1 aliphatic heterocycles. The van der Waals surface area contributed by atoms with Crippen LogP contribution in [0.5, 0.6) is 5.75 Å². The van der Waals surface area contributed by atoms with E-state index in [0.717, 1.165) is 56.5 Å². The lowest BCUT2D eigenvalue weighted by Crippen LogP contribution is -2.42. The van der Waals surface area contributed by atoms with E-state index < -0.39 is 0 Å². The first-order valence-corrected chi connectivity index (χ1v) is 8.37. The summed E-state index contributed by atoms with van der Waals surface area (Å²) in [5.74, 6) is 1.46. The molecular weight excluding hydrogens is 284 g/mol. The number of piperazine rings is 1. The van der Waals surface area contributed by atoms with Crippen molar-refractivity contribution in [3.63, 3.8) is 0 Å². The zero-order chi connectivity index (χ0) is 15.2. The van der Waals surface area contributed by atoms with Crippen LogP contribution in [0.2, 0.25) is 5.02 Å². The Bertz CT molecular complexity index is 456. The molecule has 0 saturated carbocycles. The molecule has 1 fully saturated rings. The first kappa shape index (κ1) is 16.6. The summed E-state index contributed by atoms with van der Waals surface area (Å²) in [7, 11) is 0. The predicted molar refractivity (Wildman–Crippen MR) is 89.5 cm³/mol. The van der Waals surface area contributed by atoms with Crippen molar-refractivity contribution in [3.05, 3.63) is 28.3 Å². The largest absolute Gasteiger partial charge is 0.493 e. The Labute approximate surface area is 133 Å². The van der Waals surface area contributed by atoms with Crippen molar-refractivity contribution in [2.24, 2.45) is 0 Å². The minimum absolute atomic E-state index is 0.414. The summed E-state index contributed by atoms with van der Waals surface area (Å²) in [4.78, 5) is 2.46. The second-order valence-electron chi connectivity index (χ2n) is 6.01. The molecule has 0 aliphatic carbocycles. The summed E-state index contributed by atoms with van der Waals surface area (Å²) in [5.41, 5.74) is 2.45. The first-order valence-electron chi connectivity index (χ1n) is 8.00. The maximum absolute atomic E-state index is 6.33. The van der Waals surface area contributed by atoms with Crippen molar-refractivity contribution >= 4 is 11.6 Å². The van der Waals surface area contributed by atoms with Gasteiger partial charge >= 0.3 is 0 Å². The number of rotatable bonds is 6. The average molecular weight is 311 g/mol. The normalized spacial score (nSPS) is 16.4. The maximum atomic E-state index is 6.33. The molecular formula is C17H27ClN2O. The summed E-state index contributed by atoms with van der Waals surface area (Å²) in [6, 6.07) is 4.12. The van der Waals surface area contributed by atoms with Gasteiger partial charge in [0, 0.05) is 43.3 Å². The molecule has 4 heteroatoms. The lowest BCUT2D eigenvalue weighted by Gasteiger charge is -2.28. The maximum Gasteiger partial charge on any atom is 0.127 e. The highest BCUT2D eigenvalue weighted by Gasteiger charge is 2.18. The fourth-order valence-corrected chi connectivity index (χ4v) is 2.96.